The van der Waals surface area contributed by atoms with E-state index in [0.717, 1.165) is 17.9 Å². The van der Waals surface area contributed by atoms with Crippen LogP contribution in [0.3, 0.4) is 0 Å². The van der Waals surface area contributed by atoms with E-state index in [1.54, 1.807) is 36.5 Å². The van der Waals surface area contributed by atoms with Crippen molar-refractivity contribution in [2.24, 2.45) is 0 Å². The summed E-state index contributed by atoms with van der Waals surface area (Å²) < 4.78 is 3.26. The van der Waals surface area contributed by atoms with Crippen LogP contribution in [0.1, 0.15) is 21.5 Å². The van der Waals surface area contributed by atoms with Crippen LogP contribution in [0.5, 0.6) is 0 Å². The highest BCUT2D eigenvalue weighted by molar-refractivity contribution is 7.96. The van der Waals surface area contributed by atoms with E-state index in [1.807, 2.05) is 24.3 Å². The van der Waals surface area contributed by atoms with E-state index in [1.165, 1.54) is 5.56 Å². The highest BCUT2D eigenvalue weighted by Gasteiger charge is 2.01. The minimum absolute atomic E-state index is 0.318. The zero-order chi connectivity index (χ0) is 13.5. The summed E-state index contributed by atoms with van der Waals surface area (Å²) in [6.07, 6.45) is 3.54. The van der Waals surface area contributed by atoms with Gasteiger partial charge in [-0.2, -0.15) is 0 Å². The number of benzene rings is 1. The first-order valence-corrected chi connectivity index (χ1v) is 6.80. The average Bonchev–Trinajstić information content (AvgIpc) is 2.45. The van der Waals surface area contributed by atoms with Gasteiger partial charge in [0, 0.05) is 24.7 Å². The molecule has 4 nitrogen and oxygen atoms in total. The van der Waals surface area contributed by atoms with Crippen molar-refractivity contribution in [1.29, 1.82) is 0 Å². The lowest BCUT2D eigenvalue weighted by Gasteiger charge is -2.04. The molecule has 0 saturated heterocycles. The van der Waals surface area contributed by atoms with Gasteiger partial charge in [0.05, 0.1) is 5.56 Å². The van der Waals surface area contributed by atoms with E-state index < -0.39 is 5.97 Å². The van der Waals surface area contributed by atoms with Crippen molar-refractivity contribution in [2.75, 3.05) is 0 Å². The third kappa shape index (κ3) is 4.39. The summed E-state index contributed by atoms with van der Waals surface area (Å²) in [7, 11) is 0. The molecule has 0 aliphatic rings. The molecule has 0 atom stereocenters. The first kappa shape index (κ1) is 13.6. The normalized spacial score (nSPS) is 10.3. The Hall–Kier alpha value is -1.85. The molecule has 0 unspecified atom stereocenters. The van der Waals surface area contributed by atoms with Crippen molar-refractivity contribution >= 4 is 17.9 Å². The van der Waals surface area contributed by atoms with Gasteiger partial charge in [0.1, 0.15) is 0 Å². The van der Waals surface area contributed by atoms with Crippen molar-refractivity contribution in [3.8, 4) is 0 Å². The molecule has 0 aliphatic carbocycles. The van der Waals surface area contributed by atoms with Gasteiger partial charge in [0.15, 0.2) is 0 Å². The fraction of sp³-hybridized carbons (Fsp3) is 0.143. The van der Waals surface area contributed by atoms with Crippen molar-refractivity contribution in [3.05, 3.63) is 65.5 Å². The van der Waals surface area contributed by atoms with Crippen LogP contribution in [0, 0.1) is 0 Å². The van der Waals surface area contributed by atoms with Gasteiger partial charge in [-0.1, -0.05) is 24.1 Å². The number of carbonyl (C=O) groups is 1. The smallest absolute Gasteiger partial charge is 0.335 e. The predicted molar refractivity (Wildman–Crippen MR) is 75.8 cm³/mol. The predicted octanol–water partition coefficient (Wildman–Crippen LogP) is 2.72. The summed E-state index contributed by atoms with van der Waals surface area (Å²) in [5.41, 5.74) is 2.60. The van der Waals surface area contributed by atoms with Crippen LogP contribution in [-0.4, -0.2) is 16.1 Å². The monoisotopic (exact) mass is 274 g/mol. The van der Waals surface area contributed by atoms with E-state index >= 15 is 0 Å². The second-order valence-electron chi connectivity index (χ2n) is 3.97. The van der Waals surface area contributed by atoms with Crippen molar-refractivity contribution in [3.63, 3.8) is 0 Å². The molecule has 98 valence electrons. The fourth-order valence-corrected chi connectivity index (χ4v) is 2.24. The van der Waals surface area contributed by atoms with Crippen LogP contribution in [0.15, 0.2) is 48.8 Å². The molecule has 2 N–H and O–H groups in total. The van der Waals surface area contributed by atoms with Crippen molar-refractivity contribution in [1.82, 2.24) is 9.71 Å². The largest absolute Gasteiger partial charge is 0.478 e. The Kier molecular flexibility index (Phi) is 4.94. The van der Waals surface area contributed by atoms with E-state index in [2.05, 4.69) is 9.71 Å². The fourth-order valence-electron chi connectivity index (χ4n) is 1.51. The Labute approximate surface area is 116 Å². The molecule has 2 rings (SSSR count). The van der Waals surface area contributed by atoms with Gasteiger partial charge in [-0.15, -0.1) is 0 Å². The van der Waals surface area contributed by atoms with Gasteiger partial charge < -0.3 is 5.11 Å². The number of hydrogen-bond donors (Lipinski definition) is 2. The Balaban J connectivity index is 1.75. The van der Waals surface area contributed by atoms with Gasteiger partial charge in [-0.05, 0) is 35.4 Å². The maximum absolute atomic E-state index is 10.7. The topological polar surface area (TPSA) is 62.2 Å². The summed E-state index contributed by atoms with van der Waals surface area (Å²) in [4.78, 5) is 14.7. The highest BCUT2D eigenvalue weighted by Crippen LogP contribution is 2.11. The number of aromatic carboxylic acids is 1. The molecule has 0 saturated carbocycles. The number of carboxylic acids is 1. The van der Waals surface area contributed by atoms with Gasteiger partial charge in [0.25, 0.3) is 0 Å². The third-order valence-electron chi connectivity index (χ3n) is 2.57. The lowest BCUT2D eigenvalue weighted by atomic mass is 10.1. The van der Waals surface area contributed by atoms with Crippen LogP contribution < -0.4 is 4.72 Å². The van der Waals surface area contributed by atoms with Gasteiger partial charge in [-0.25, -0.2) is 4.79 Å². The maximum atomic E-state index is 10.7. The second kappa shape index (κ2) is 6.92. The Bertz CT molecular complexity index is 529. The summed E-state index contributed by atoms with van der Waals surface area (Å²) in [6.45, 7) is 0.778. The molecule has 1 aromatic heterocycles. The molecule has 1 heterocycles. The van der Waals surface area contributed by atoms with Crippen molar-refractivity contribution < 1.29 is 9.90 Å². The van der Waals surface area contributed by atoms with Gasteiger partial charge >= 0.3 is 5.97 Å². The van der Waals surface area contributed by atoms with Crippen molar-refractivity contribution in [2.45, 2.75) is 12.3 Å². The van der Waals surface area contributed by atoms with Crippen LogP contribution in [0.2, 0.25) is 0 Å². The molecule has 0 aliphatic heterocycles. The molecule has 0 amide bonds. The molecule has 0 bridgehead atoms. The zero-order valence-electron chi connectivity index (χ0n) is 10.2. The summed E-state index contributed by atoms with van der Waals surface area (Å²) in [5.74, 6) is -0.0969. The number of carboxylic acid groups (broad SMARTS) is 1. The van der Waals surface area contributed by atoms with E-state index in [4.69, 9.17) is 5.11 Å². The molecular formula is C14H14N2O2S. The lowest BCUT2D eigenvalue weighted by Crippen LogP contribution is -2.03. The molecule has 0 radical (unpaired) electrons. The lowest BCUT2D eigenvalue weighted by molar-refractivity contribution is 0.0697. The number of aromatic nitrogens is 1. The molecule has 19 heavy (non-hydrogen) atoms. The standard InChI is InChI=1S/C14H14N2O2S/c17-14(18)13-3-1-12(2-4-13)10-19-16-9-11-5-7-15-8-6-11/h1-8,16H,9-10H2,(H,17,18). The third-order valence-corrected chi connectivity index (χ3v) is 3.39. The molecule has 0 spiro atoms. The minimum atomic E-state index is -0.894. The van der Waals surface area contributed by atoms with Crippen LogP contribution >= 0.6 is 11.9 Å². The molecule has 0 fully saturated rings. The number of nitrogens with one attached hydrogen (secondary N) is 1. The Morgan fingerprint density at radius 2 is 1.79 bits per heavy atom. The van der Waals surface area contributed by atoms with E-state index in [9.17, 15) is 4.79 Å². The molecular weight excluding hydrogens is 260 g/mol. The number of hydrogen-bond acceptors (Lipinski definition) is 4. The Morgan fingerprint density at radius 1 is 1.11 bits per heavy atom. The first-order valence-electron chi connectivity index (χ1n) is 5.81. The van der Waals surface area contributed by atoms with E-state index in [-0.39, 0.29) is 0 Å². The van der Waals surface area contributed by atoms with Crippen LogP contribution in [0.25, 0.3) is 0 Å². The maximum Gasteiger partial charge on any atom is 0.335 e. The highest BCUT2D eigenvalue weighted by atomic mass is 32.2. The van der Waals surface area contributed by atoms with Gasteiger partial charge in [-0.3, -0.25) is 9.71 Å². The number of nitrogens with zero attached hydrogens (tertiary/aromatic N) is 1. The van der Waals surface area contributed by atoms with Crippen LogP contribution in [0.4, 0.5) is 0 Å². The van der Waals surface area contributed by atoms with Gasteiger partial charge in [0.2, 0.25) is 0 Å². The molecule has 2 aromatic rings. The summed E-state index contributed by atoms with van der Waals surface area (Å²) in [5, 5.41) is 8.79. The SMILES string of the molecule is O=C(O)c1ccc(CSNCc2ccncc2)cc1. The van der Waals surface area contributed by atoms with Crippen LogP contribution in [-0.2, 0) is 12.3 Å². The zero-order valence-corrected chi connectivity index (χ0v) is 11.1. The summed E-state index contributed by atoms with van der Waals surface area (Å²) >= 11 is 1.60. The average molecular weight is 274 g/mol. The first-order chi connectivity index (χ1) is 9.25. The number of pyridine rings is 1. The van der Waals surface area contributed by atoms with E-state index in [0.29, 0.717) is 5.56 Å². The Morgan fingerprint density at radius 3 is 2.42 bits per heavy atom. The summed E-state index contributed by atoms with van der Waals surface area (Å²) in [6, 6.07) is 10.9. The quantitative estimate of drug-likeness (QED) is 0.626. The second-order valence-corrected chi connectivity index (χ2v) is 4.83. The molecule has 1 aromatic carbocycles. The minimum Gasteiger partial charge on any atom is -0.478 e. The molecule has 5 heteroatoms. The number of rotatable bonds is 6.